The van der Waals surface area contributed by atoms with E-state index >= 15 is 0 Å². The predicted octanol–water partition coefficient (Wildman–Crippen LogP) is 1.36. The molecule has 22 heavy (non-hydrogen) atoms. The maximum atomic E-state index is 12.0. The van der Waals surface area contributed by atoms with Crippen molar-refractivity contribution in [3.63, 3.8) is 0 Å². The number of carbonyl (C=O) groups is 1. The molecular weight excluding hydrogens is 302 g/mol. The number of nitrogens with zero attached hydrogens (tertiary/aromatic N) is 2. The second-order valence-corrected chi connectivity index (χ2v) is 7.57. The van der Waals surface area contributed by atoms with Gasteiger partial charge in [-0.25, -0.2) is 4.72 Å². The van der Waals surface area contributed by atoms with Gasteiger partial charge in [0.05, 0.1) is 0 Å². The van der Waals surface area contributed by atoms with E-state index in [1.165, 1.54) is 21.0 Å². The summed E-state index contributed by atoms with van der Waals surface area (Å²) in [4.78, 5) is 13.6. The molecule has 0 bridgehead atoms. The Morgan fingerprint density at radius 1 is 1.14 bits per heavy atom. The normalized spacial score (nSPS) is 11.8. The van der Waals surface area contributed by atoms with E-state index in [0.717, 1.165) is 26.7 Å². The van der Waals surface area contributed by atoms with Crippen LogP contribution in [0, 0.1) is 20.8 Å². The standard InChI is InChI=1S/C15H25N3O3S/c1-11-9-12(2)15(13(3)10-11)18(14(4)19)8-7-16-22(20,21)17(5)6/h9-10,16H,7-8H2,1-6H3. The highest BCUT2D eigenvalue weighted by Crippen LogP contribution is 2.26. The Labute approximate surface area is 133 Å². The lowest BCUT2D eigenvalue weighted by atomic mass is 10.0. The molecule has 0 aromatic heterocycles. The van der Waals surface area contributed by atoms with Crippen LogP contribution in [-0.4, -0.2) is 45.8 Å². The SMILES string of the molecule is CC(=O)N(CCNS(=O)(=O)N(C)C)c1c(C)cc(C)cc1C. The van der Waals surface area contributed by atoms with Crippen molar-refractivity contribution in [2.45, 2.75) is 27.7 Å². The first-order valence-electron chi connectivity index (χ1n) is 7.09. The molecule has 0 heterocycles. The Balaban J connectivity index is 2.96. The minimum Gasteiger partial charge on any atom is -0.311 e. The molecule has 7 heteroatoms. The Hall–Kier alpha value is -1.44. The zero-order valence-electron chi connectivity index (χ0n) is 14.1. The quantitative estimate of drug-likeness (QED) is 0.858. The zero-order valence-corrected chi connectivity index (χ0v) is 14.9. The minimum atomic E-state index is -3.48. The van der Waals surface area contributed by atoms with Gasteiger partial charge in [0.1, 0.15) is 0 Å². The lowest BCUT2D eigenvalue weighted by Gasteiger charge is -2.26. The van der Waals surface area contributed by atoms with E-state index in [1.807, 2.05) is 32.9 Å². The fraction of sp³-hybridized carbons (Fsp3) is 0.533. The van der Waals surface area contributed by atoms with Crippen LogP contribution in [0.25, 0.3) is 0 Å². The Morgan fingerprint density at radius 3 is 2.05 bits per heavy atom. The van der Waals surface area contributed by atoms with Crippen molar-refractivity contribution in [2.75, 3.05) is 32.1 Å². The molecule has 1 amide bonds. The molecule has 0 fully saturated rings. The van der Waals surface area contributed by atoms with Gasteiger partial charge in [0.25, 0.3) is 10.2 Å². The van der Waals surface area contributed by atoms with Crippen molar-refractivity contribution in [3.05, 3.63) is 28.8 Å². The average molecular weight is 327 g/mol. The fourth-order valence-corrected chi connectivity index (χ4v) is 3.05. The highest BCUT2D eigenvalue weighted by molar-refractivity contribution is 7.87. The minimum absolute atomic E-state index is 0.112. The van der Waals surface area contributed by atoms with Crippen molar-refractivity contribution in [2.24, 2.45) is 0 Å². The summed E-state index contributed by atoms with van der Waals surface area (Å²) in [6.07, 6.45) is 0. The van der Waals surface area contributed by atoms with Gasteiger partial charge in [-0.1, -0.05) is 17.7 Å². The molecule has 0 spiro atoms. The molecule has 1 N–H and O–H groups in total. The van der Waals surface area contributed by atoms with Crippen LogP contribution in [-0.2, 0) is 15.0 Å². The van der Waals surface area contributed by atoms with Crippen LogP contribution in [0.2, 0.25) is 0 Å². The number of aryl methyl sites for hydroxylation is 3. The summed E-state index contributed by atoms with van der Waals surface area (Å²) in [6.45, 7) is 7.84. The van der Waals surface area contributed by atoms with E-state index in [1.54, 1.807) is 4.90 Å². The second-order valence-electron chi connectivity index (χ2n) is 5.60. The summed E-state index contributed by atoms with van der Waals surface area (Å²) in [5.41, 5.74) is 3.99. The highest BCUT2D eigenvalue weighted by atomic mass is 32.2. The van der Waals surface area contributed by atoms with Crippen LogP contribution in [0.15, 0.2) is 12.1 Å². The number of carbonyl (C=O) groups excluding carboxylic acids is 1. The van der Waals surface area contributed by atoms with Gasteiger partial charge >= 0.3 is 0 Å². The largest absolute Gasteiger partial charge is 0.311 e. The Morgan fingerprint density at radius 2 is 1.64 bits per heavy atom. The molecule has 0 aliphatic heterocycles. The third-order valence-electron chi connectivity index (χ3n) is 3.39. The summed E-state index contributed by atoms with van der Waals surface area (Å²) in [7, 11) is -0.568. The van der Waals surface area contributed by atoms with Crippen LogP contribution in [0.4, 0.5) is 5.69 Å². The van der Waals surface area contributed by atoms with Gasteiger partial charge in [0.2, 0.25) is 5.91 Å². The number of rotatable bonds is 6. The van der Waals surface area contributed by atoms with Gasteiger partial charge in [-0.15, -0.1) is 0 Å². The topological polar surface area (TPSA) is 69.7 Å². The molecule has 0 saturated carbocycles. The molecule has 0 radical (unpaired) electrons. The van der Waals surface area contributed by atoms with Gasteiger partial charge in [-0.3, -0.25) is 4.79 Å². The van der Waals surface area contributed by atoms with Crippen molar-refractivity contribution < 1.29 is 13.2 Å². The average Bonchev–Trinajstić information content (AvgIpc) is 2.35. The number of hydrogen-bond donors (Lipinski definition) is 1. The number of hydrogen-bond acceptors (Lipinski definition) is 3. The molecule has 1 rings (SSSR count). The number of benzene rings is 1. The lowest BCUT2D eigenvalue weighted by molar-refractivity contribution is -0.116. The molecule has 0 atom stereocenters. The molecule has 1 aromatic rings. The van der Waals surface area contributed by atoms with E-state index in [-0.39, 0.29) is 19.0 Å². The van der Waals surface area contributed by atoms with Crippen LogP contribution in [0.1, 0.15) is 23.6 Å². The highest BCUT2D eigenvalue weighted by Gasteiger charge is 2.18. The molecule has 0 aliphatic rings. The first-order valence-corrected chi connectivity index (χ1v) is 8.53. The smallest absolute Gasteiger partial charge is 0.278 e. The number of anilines is 1. The van der Waals surface area contributed by atoms with E-state index in [2.05, 4.69) is 4.72 Å². The van der Waals surface area contributed by atoms with Crippen molar-refractivity contribution in [1.82, 2.24) is 9.03 Å². The first kappa shape index (κ1) is 18.6. The van der Waals surface area contributed by atoms with Crippen molar-refractivity contribution in [1.29, 1.82) is 0 Å². The Bertz CT molecular complexity index is 631. The summed E-state index contributed by atoms with van der Waals surface area (Å²) >= 11 is 0. The summed E-state index contributed by atoms with van der Waals surface area (Å²) in [6, 6.07) is 4.03. The van der Waals surface area contributed by atoms with E-state index < -0.39 is 10.2 Å². The number of amides is 1. The van der Waals surface area contributed by atoms with Crippen LogP contribution >= 0.6 is 0 Å². The van der Waals surface area contributed by atoms with Crippen molar-refractivity contribution in [3.8, 4) is 0 Å². The third kappa shape index (κ3) is 4.53. The summed E-state index contributed by atoms with van der Waals surface area (Å²) < 4.78 is 27.0. The fourth-order valence-electron chi connectivity index (χ4n) is 2.44. The van der Waals surface area contributed by atoms with Gasteiger partial charge in [-0.05, 0) is 31.9 Å². The monoisotopic (exact) mass is 327 g/mol. The first-order chi connectivity index (χ1) is 10.1. The number of nitrogens with one attached hydrogen (secondary N) is 1. The zero-order chi connectivity index (χ0) is 17.1. The Kier molecular flexibility index (Phi) is 6.10. The third-order valence-corrected chi connectivity index (χ3v) is 4.92. The predicted molar refractivity (Wildman–Crippen MR) is 89.3 cm³/mol. The molecule has 0 saturated heterocycles. The lowest BCUT2D eigenvalue weighted by Crippen LogP contribution is -2.42. The molecule has 124 valence electrons. The molecular formula is C15H25N3O3S. The van der Waals surface area contributed by atoms with Gasteiger partial charge in [0, 0.05) is 39.8 Å². The summed E-state index contributed by atoms with van der Waals surface area (Å²) in [5, 5.41) is 0. The van der Waals surface area contributed by atoms with Crippen LogP contribution in [0.5, 0.6) is 0 Å². The van der Waals surface area contributed by atoms with Gasteiger partial charge in [-0.2, -0.15) is 12.7 Å². The molecule has 0 aliphatic carbocycles. The molecule has 6 nitrogen and oxygen atoms in total. The molecule has 0 unspecified atom stereocenters. The maximum absolute atomic E-state index is 12.0. The van der Waals surface area contributed by atoms with Crippen LogP contribution in [0.3, 0.4) is 0 Å². The van der Waals surface area contributed by atoms with Gasteiger partial charge < -0.3 is 4.90 Å². The second kappa shape index (κ2) is 7.21. The van der Waals surface area contributed by atoms with Crippen molar-refractivity contribution >= 4 is 21.8 Å². The van der Waals surface area contributed by atoms with E-state index in [0.29, 0.717) is 0 Å². The van der Waals surface area contributed by atoms with Crippen LogP contribution < -0.4 is 9.62 Å². The molecule has 1 aromatic carbocycles. The van der Waals surface area contributed by atoms with E-state index in [9.17, 15) is 13.2 Å². The summed E-state index contributed by atoms with van der Waals surface area (Å²) in [5.74, 6) is -0.112. The van der Waals surface area contributed by atoms with E-state index in [4.69, 9.17) is 0 Å². The maximum Gasteiger partial charge on any atom is 0.278 e. The van der Waals surface area contributed by atoms with Gasteiger partial charge in [0.15, 0.2) is 0 Å².